The molecule has 0 spiro atoms. The molecule has 7 heteroatoms. The summed E-state index contributed by atoms with van der Waals surface area (Å²) >= 11 is 0. The van der Waals surface area contributed by atoms with Crippen LogP contribution in [0.2, 0.25) is 0 Å². The summed E-state index contributed by atoms with van der Waals surface area (Å²) in [6, 6.07) is 14.2. The first-order chi connectivity index (χ1) is 18.1. The molecule has 0 saturated carbocycles. The summed E-state index contributed by atoms with van der Waals surface area (Å²) in [7, 11) is 1.43. The molecule has 3 aromatic rings. The monoisotopic (exact) mass is 503 g/mol. The van der Waals surface area contributed by atoms with Crippen molar-refractivity contribution in [2.45, 2.75) is 46.2 Å². The lowest BCUT2D eigenvalue weighted by molar-refractivity contribution is -0.133. The van der Waals surface area contributed by atoms with Crippen molar-refractivity contribution in [1.29, 1.82) is 0 Å². The molecule has 0 atom stereocenters. The molecule has 2 aliphatic heterocycles. The Labute approximate surface area is 219 Å². The van der Waals surface area contributed by atoms with Crippen molar-refractivity contribution in [2.24, 2.45) is 0 Å². The number of nitrogens with zero attached hydrogens (tertiary/aromatic N) is 3. The van der Waals surface area contributed by atoms with Crippen molar-refractivity contribution in [1.82, 2.24) is 9.78 Å². The molecule has 1 aromatic heterocycles. The van der Waals surface area contributed by atoms with Gasteiger partial charge in [0.2, 0.25) is 0 Å². The normalized spacial score (nSPS) is 14.7. The first kappa shape index (κ1) is 26.5. The molecule has 0 N–H and O–H groups in total. The number of fused-ring (bicyclic) bond motifs is 1. The summed E-state index contributed by atoms with van der Waals surface area (Å²) in [5.41, 5.74) is 5.64. The van der Waals surface area contributed by atoms with E-state index in [-0.39, 0.29) is 5.97 Å². The van der Waals surface area contributed by atoms with E-state index in [9.17, 15) is 4.79 Å². The van der Waals surface area contributed by atoms with Crippen molar-refractivity contribution in [3.8, 4) is 16.9 Å². The molecule has 2 aliphatic rings. The summed E-state index contributed by atoms with van der Waals surface area (Å²) in [5, 5.41) is 4.41. The number of aryl methyl sites for hydroxylation is 1. The van der Waals surface area contributed by atoms with E-state index in [0.29, 0.717) is 12.2 Å². The molecule has 0 amide bonds. The Morgan fingerprint density at radius 1 is 1.08 bits per heavy atom. The van der Waals surface area contributed by atoms with Gasteiger partial charge in [0.15, 0.2) is 0 Å². The Bertz CT molecular complexity index is 1210. The van der Waals surface area contributed by atoms with E-state index in [0.717, 1.165) is 73.0 Å². The highest BCUT2D eigenvalue weighted by Crippen LogP contribution is 2.38. The van der Waals surface area contributed by atoms with E-state index in [2.05, 4.69) is 41.3 Å². The van der Waals surface area contributed by atoms with E-state index in [1.54, 1.807) is 0 Å². The molecular weight excluding hydrogens is 466 g/mol. The van der Waals surface area contributed by atoms with Gasteiger partial charge in [0, 0.05) is 61.4 Å². The third-order valence-electron chi connectivity index (χ3n) is 6.49. The van der Waals surface area contributed by atoms with Gasteiger partial charge in [0.05, 0.1) is 25.5 Å². The number of rotatable bonds is 7. The van der Waals surface area contributed by atoms with E-state index >= 15 is 0 Å². The number of carbonyl (C=O) groups excluding carboxylic acids is 1. The van der Waals surface area contributed by atoms with Crippen molar-refractivity contribution in [3.63, 3.8) is 0 Å². The lowest BCUT2D eigenvalue weighted by atomic mass is 9.96. The molecule has 5 rings (SSSR count). The Morgan fingerprint density at radius 2 is 1.89 bits per heavy atom. The van der Waals surface area contributed by atoms with Gasteiger partial charge >= 0.3 is 5.97 Å². The molecule has 7 nitrogen and oxygen atoms in total. The molecule has 2 aromatic carbocycles. The summed E-state index contributed by atoms with van der Waals surface area (Å²) in [5.74, 6) is 0.512. The summed E-state index contributed by atoms with van der Waals surface area (Å²) in [6.07, 6.45) is 9.28. The summed E-state index contributed by atoms with van der Waals surface area (Å²) < 4.78 is 17.8. The van der Waals surface area contributed by atoms with Gasteiger partial charge in [0.25, 0.3) is 0 Å². The second kappa shape index (κ2) is 13.1. The average Bonchev–Trinajstić information content (AvgIpc) is 3.63. The van der Waals surface area contributed by atoms with Crippen LogP contribution < -0.4 is 9.64 Å². The Hall–Kier alpha value is -3.58. The standard InChI is InChI=1S/C26H29N3O3.C4H8O/c1-4-29-18-19(16-27-29)17-28-14-8-10-22(26(30)31-3)23-15-20(12-13-24(23)28)21-9-6-7-11-25(21)32-5-2;1-2-4-5-3-1/h6-7,9-13,15-16,18H,4-5,8,14,17H2,1-3H3;1-4H2. The number of aromatic nitrogens is 2. The number of methoxy groups -OCH3 is 1. The number of carbonyl (C=O) groups is 1. The average molecular weight is 504 g/mol. The summed E-state index contributed by atoms with van der Waals surface area (Å²) in [4.78, 5) is 15.0. The molecule has 0 aliphatic carbocycles. The highest BCUT2D eigenvalue weighted by molar-refractivity contribution is 6.18. The van der Waals surface area contributed by atoms with Gasteiger partial charge in [-0.1, -0.05) is 30.3 Å². The first-order valence-corrected chi connectivity index (χ1v) is 13.1. The third-order valence-corrected chi connectivity index (χ3v) is 6.49. The zero-order valence-electron chi connectivity index (χ0n) is 22.1. The van der Waals surface area contributed by atoms with Crippen LogP contribution in [0.25, 0.3) is 16.7 Å². The Balaban J connectivity index is 0.000000572. The van der Waals surface area contributed by atoms with Crippen LogP contribution in [0.3, 0.4) is 0 Å². The number of hydrogen-bond donors (Lipinski definition) is 0. The molecule has 37 heavy (non-hydrogen) atoms. The van der Waals surface area contributed by atoms with E-state index in [1.165, 1.54) is 20.0 Å². The number of anilines is 1. The minimum atomic E-state index is -0.317. The number of esters is 1. The predicted molar refractivity (Wildman–Crippen MR) is 147 cm³/mol. The number of ether oxygens (including phenoxy) is 3. The molecule has 196 valence electrons. The van der Waals surface area contributed by atoms with Gasteiger partial charge in [-0.15, -0.1) is 0 Å². The number of para-hydroxylation sites is 1. The lowest BCUT2D eigenvalue weighted by Gasteiger charge is -2.25. The number of hydrogen-bond acceptors (Lipinski definition) is 6. The van der Waals surface area contributed by atoms with Gasteiger partial charge in [-0.2, -0.15) is 5.10 Å². The summed E-state index contributed by atoms with van der Waals surface area (Å²) in [6.45, 7) is 9.02. The van der Waals surface area contributed by atoms with E-state index in [1.807, 2.05) is 48.1 Å². The van der Waals surface area contributed by atoms with E-state index < -0.39 is 0 Å². The minimum absolute atomic E-state index is 0.317. The molecule has 1 fully saturated rings. The molecule has 3 heterocycles. The highest BCUT2D eigenvalue weighted by atomic mass is 16.5. The molecular formula is C30H37N3O4. The van der Waals surface area contributed by atoms with Gasteiger partial charge in [-0.05, 0) is 56.9 Å². The minimum Gasteiger partial charge on any atom is -0.493 e. The number of benzene rings is 2. The van der Waals surface area contributed by atoms with Gasteiger partial charge in [-0.3, -0.25) is 4.68 Å². The fourth-order valence-corrected chi connectivity index (χ4v) is 4.64. The van der Waals surface area contributed by atoms with Crippen molar-refractivity contribution in [2.75, 3.05) is 38.4 Å². The maximum atomic E-state index is 12.7. The van der Waals surface area contributed by atoms with Gasteiger partial charge < -0.3 is 19.1 Å². The largest absolute Gasteiger partial charge is 0.493 e. The molecule has 1 saturated heterocycles. The smallest absolute Gasteiger partial charge is 0.338 e. The molecule has 0 radical (unpaired) electrons. The zero-order chi connectivity index (χ0) is 26.0. The van der Waals surface area contributed by atoms with E-state index in [4.69, 9.17) is 14.2 Å². The van der Waals surface area contributed by atoms with Crippen LogP contribution in [0.1, 0.15) is 44.2 Å². The van der Waals surface area contributed by atoms with Crippen LogP contribution in [-0.2, 0) is 27.4 Å². The Kier molecular flexibility index (Phi) is 9.38. The van der Waals surface area contributed by atoms with Crippen LogP contribution in [0.4, 0.5) is 5.69 Å². The van der Waals surface area contributed by atoms with Crippen LogP contribution in [-0.4, -0.2) is 49.2 Å². The van der Waals surface area contributed by atoms with Crippen molar-refractivity contribution < 1.29 is 19.0 Å². The Morgan fingerprint density at radius 3 is 2.57 bits per heavy atom. The fourth-order valence-electron chi connectivity index (χ4n) is 4.64. The quantitative estimate of drug-likeness (QED) is 0.384. The second-order valence-corrected chi connectivity index (χ2v) is 9.00. The molecule has 0 unspecified atom stereocenters. The topological polar surface area (TPSA) is 65.8 Å². The SMILES string of the molecule is C1CCOC1.CCOc1ccccc1-c1ccc2c(c1)C(C(=O)OC)=CCCN2Cc1cnn(CC)c1. The highest BCUT2D eigenvalue weighted by Gasteiger charge is 2.24. The molecule has 0 bridgehead atoms. The lowest BCUT2D eigenvalue weighted by Crippen LogP contribution is -2.23. The third kappa shape index (κ3) is 6.60. The van der Waals surface area contributed by atoms with Crippen LogP contribution >= 0.6 is 0 Å². The van der Waals surface area contributed by atoms with Crippen LogP contribution in [0.5, 0.6) is 5.75 Å². The maximum absolute atomic E-state index is 12.7. The van der Waals surface area contributed by atoms with Crippen LogP contribution in [0.15, 0.2) is 60.9 Å². The maximum Gasteiger partial charge on any atom is 0.338 e. The zero-order valence-corrected chi connectivity index (χ0v) is 22.1. The van der Waals surface area contributed by atoms with Crippen molar-refractivity contribution in [3.05, 3.63) is 72.1 Å². The van der Waals surface area contributed by atoms with Crippen LogP contribution in [0, 0.1) is 0 Å². The predicted octanol–water partition coefficient (Wildman–Crippen LogP) is 5.73. The second-order valence-electron chi connectivity index (χ2n) is 9.00. The first-order valence-electron chi connectivity index (χ1n) is 13.1. The van der Waals surface area contributed by atoms with Gasteiger partial charge in [-0.25, -0.2) is 4.79 Å². The fraction of sp³-hybridized carbons (Fsp3) is 0.400. The van der Waals surface area contributed by atoms with Gasteiger partial charge in [0.1, 0.15) is 5.75 Å². The van der Waals surface area contributed by atoms with Crippen molar-refractivity contribution >= 4 is 17.2 Å².